The van der Waals surface area contributed by atoms with Crippen LogP contribution in [0.5, 0.6) is 5.75 Å². The molecule has 1 aromatic heterocycles. The number of para-hydroxylation sites is 4. The van der Waals surface area contributed by atoms with Crippen LogP contribution in [0.2, 0.25) is 0 Å². The van der Waals surface area contributed by atoms with Crippen molar-refractivity contribution in [1.29, 1.82) is 0 Å². The highest BCUT2D eigenvalue weighted by Gasteiger charge is 2.27. The molecule has 7 nitrogen and oxygen atoms in total. The minimum absolute atomic E-state index is 0.0727. The van der Waals surface area contributed by atoms with Crippen LogP contribution in [0.15, 0.2) is 78.9 Å². The SMILES string of the molecule is COc1ccccc1N(C)C(=O)[C@H](Cc1ccccc1)NC(=O)Cn1c(C)nc2ccccc21. The van der Waals surface area contributed by atoms with Gasteiger partial charge < -0.3 is 19.5 Å². The second-order valence-corrected chi connectivity index (χ2v) is 8.11. The van der Waals surface area contributed by atoms with Gasteiger partial charge in [-0.05, 0) is 36.8 Å². The molecule has 34 heavy (non-hydrogen) atoms. The Balaban J connectivity index is 1.58. The highest BCUT2D eigenvalue weighted by Crippen LogP contribution is 2.27. The predicted octanol–water partition coefficient (Wildman–Crippen LogP) is 3.74. The molecule has 0 radical (unpaired) electrons. The molecule has 7 heteroatoms. The summed E-state index contributed by atoms with van der Waals surface area (Å²) < 4.78 is 7.29. The molecule has 174 valence electrons. The number of nitrogens with one attached hydrogen (secondary N) is 1. The fourth-order valence-electron chi connectivity index (χ4n) is 4.09. The number of anilines is 1. The number of hydrogen-bond acceptors (Lipinski definition) is 4. The summed E-state index contributed by atoms with van der Waals surface area (Å²) in [6, 6.07) is 23.9. The molecule has 4 rings (SSSR count). The first-order valence-corrected chi connectivity index (χ1v) is 11.1. The highest BCUT2D eigenvalue weighted by molar-refractivity contribution is 6.00. The Morgan fingerprint density at radius 3 is 2.44 bits per heavy atom. The van der Waals surface area contributed by atoms with Crippen molar-refractivity contribution in [2.45, 2.75) is 25.9 Å². The molecule has 4 aromatic rings. The van der Waals surface area contributed by atoms with E-state index in [1.54, 1.807) is 20.2 Å². The Morgan fingerprint density at radius 2 is 1.68 bits per heavy atom. The lowest BCUT2D eigenvalue weighted by atomic mass is 10.0. The van der Waals surface area contributed by atoms with E-state index in [9.17, 15) is 9.59 Å². The molecular weight excluding hydrogens is 428 g/mol. The Labute approximate surface area is 199 Å². The molecule has 0 spiro atoms. The number of likely N-dealkylation sites (N-methyl/N-ethyl adjacent to an activating group) is 1. The van der Waals surface area contributed by atoms with E-state index in [1.165, 1.54) is 4.90 Å². The largest absolute Gasteiger partial charge is 0.495 e. The Morgan fingerprint density at radius 1 is 1.00 bits per heavy atom. The average Bonchev–Trinajstić information content (AvgIpc) is 3.18. The minimum atomic E-state index is -0.750. The number of hydrogen-bond donors (Lipinski definition) is 1. The van der Waals surface area contributed by atoms with Gasteiger partial charge in [0.1, 0.15) is 24.2 Å². The molecular formula is C27H28N4O3. The number of aryl methyl sites for hydroxylation is 1. The summed E-state index contributed by atoms with van der Waals surface area (Å²) in [6.07, 6.45) is 0.370. The molecule has 2 amide bonds. The van der Waals surface area contributed by atoms with E-state index in [1.807, 2.05) is 84.3 Å². The van der Waals surface area contributed by atoms with E-state index in [2.05, 4.69) is 10.3 Å². The van der Waals surface area contributed by atoms with Gasteiger partial charge in [0, 0.05) is 13.5 Å². The van der Waals surface area contributed by atoms with Gasteiger partial charge in [0.05, 0.1) is 23.8 Å². The van der Waals surface area contributed by atoms with Gasteiger partial charge in [-0.3, -0.25) is 9.59 Å². The number of methoxy groups -OCH3 is 1. The van der Waals surface area contributed by atoms with Crippen LogP contribution in [0, 0.1) is 6.92 Å². The zero-order valence-corrected chi connectivity index (χ0v) is 19.6. The summed E-state index contributed by atoms with van der Waals surface area (Å²) in [7, 11) is 3.26. The van der Waals surface area contributed by atoms with E-state index in [4.69, 9.17) is 4.74 Å². The summed E-state index contributed by atoms with van der Waals surface area (Å²) in [4.78, 5) is 32.8. The van der Waals surface area contributed by atoms with Gasteiger partial charge in [-0.1, -0.05) is 54.6 Å². The number of carbonyl (C=O) groups is 2. The molecule has 3 aromatic carbocycles. The zero-order valence-electron chi connectivity index (χ0n) is 19.6. The van der Waals surface area contributed by atoms with E-state index in [0.717, 1.165) is 22.4 Å². The third-order valence-corrected chi connectivity index (χ3v) is 5.84. The fraction of sp³-hybridized carbons (Fsp3) is 0.222. The van der Waals surface area contributed by atoms with Gasteiger partial charge in [-0.25, -0.2) is 4.98 Å². The molecule has 0 aliphatic carbocycles. The number of rotatable bonds is 8. The van der Waals surface area contributed by atoms with Crippen molar-refractivity contribution in [3.05, 3.63) is 90.3 Å². The zero-order chi connectivity index (χ0) is 24.1. The van der Waals surface area contributed by atoms with E-state index in [-0.39, 0.29) is 18.4 Å². The monoisotopic (exact) mass is 456 g/mol. The van der Waals surface area contributed by atoms with Gasteiger partial charge in [-0.2, -0.15) is 0 Å². The molecule has 0 aliphatic heterocycles. The Hall–Kier alpha value is -4.13. The standard InChI is InChI=1S/C27H28N4O3/c1-19-28-21-13-7-8-14-23(21)31(19)18-26(32)29-22(17-20-11-5-4-6-12-20)27(33)30(2)24-15-9-10-16-25(24)34-3/h4-16,22H,17-18H2,1-3H3,(H,29,32)/t22-/m0/s1. The number of ether oxygens (including phenoxy) is 1. The van der Waals surface area contributed by atoms with Gasteiger partial charge in [0.25, 0.3) is 0 Å². The third-order valence-electron chi connectivity index (χ3n) is 5.84. The van der Waals surface area contributed by atoms with E-state index in [0.29, 0.717) is 17.9 Å². The van der Waals surface area contributed by atoms with Crippen LogP contribution in [0.3, 0.4) is 0 Å². The van der Waals surface area contributed by atoms with Gasteiger partial charge in [0.15, 0.2) is 0 Å². The second-order valence-electron chi connectivity index (χ2n) is 8.11. The number of carbonyl (C=O) groups excluding carboxylic acids is 2. The minimum Gasteiger partial charge on any atom is -0.495 e. The van der Waals surface area contributed by atoms with Crippen LogP contribution in [0.4, 0.5) is 5.69 Å². The van der Waals surface area contributed by atoms with Gasteiger partial charge >= 0.3 is 0 Å². The normalized spacial score (nSPS) is 11.7. The van der Waals surface area contributed by atoms with Crippen molar-refractivity contribution >= 4 is 28.5 Å². The highest BCUT2D eigenvalue weighted by atomic mass is 16.5. The van der Waals surface area contributed by atoms with E-state index >= 15 is 0 Å². The molecule has 0 bridgehead atoms. The van der Waals surface area contributed by atoms with Crippen LogP contribution < -0.4 is 15.0 Å². The van der Waals surface area contributed by atoms with Crippen LogP contribution in [-0.4, -0.2) is 41.6 Å². The van der Waals surface area contributed by atoms with Gasteiger partial charge in [-0.15, -0.1) is 0 Å². The summed E-state index contributed by atoms with van der Waals surface area (Å²) in [6.45, 7) is 1.94. The molecule has 1 heterocycles. The van der Waals surface area contributed by atoms with Crippen LogP contribution in [0.25, 0.3) is 11.0 Å². The van der Waals surface area contributed by atoms with Crippen molar-refractivity contribution in [3.8, 4) is 5.75 Å². The van der Waals surface area contributed by atoms with Crippen molar-refractivity contribution < 1.29 is 14.3 Å². The molecule has 0 fully saturated rings. The van der Waals surface area contributed by atoms with Crippen molar-refractivity contribution in [2.24, 2.45) is 0 Å². The summed E-state index contributed by atoms with van der Waals surface area (Å²) in [5.41, 5.74) is 3.31. The first-order valence-electron chi connectivity index (χ1n) is 11.1. The first kappa shape index (κ1) is 23.0. The van der Waals surface area contributed by atoms with Gasteiger partial charge in [0.2, 0.25) is 11.8 Å². The molecule has 0 aliphatic rings. The van der Waals surface area contributed by atoms with Crippen molar-refractivity contribution in [1.82, 2.24) is 14.9 Å². The number of nitrogens with zero attached hydrogens (tertiary/aromatic N) is 3. The lowest BCUT2D eigenvalue weighted by molar-refractivity contribution is -0.127. The molecule has 0 unspecified atom stereocenters. The molecule has 0 saturated carbocycles. The van der Waals surface area contributed by atoms with E-state index < -0.39 is 6.04 Å². The number of fused-ring (bicyclic) bond motifs is 1. The van der Waals surface area contributed by atoms with Crippen molar-refractivity contribution in [3.63, 3.8) is 0 Å². The maximum absolute atomic E-state index is 13.6. The van der Waals surface area contributed by atoms with Crippen molar-refractivity contribution in [2.75, 3.05) is 19.1 Å². The summed E-state index contributed by atoms with van der Waals surface area (Å²) >= 11 is 0. The number of benzene rings is 3. The van der Waals surface area contributed by atoms with Crippen LogP contribution in [-0.2, 0) is 22.6 Å². The first-order chi connectivity index (χ1) is 16.5. The molecule has 0 saturated heterocycles. The number of imidazole rings is 1. The number of aromatic nitrogens is 2. The van der Waals surface area contributed by atoms with Crippen LogP contribution >= 0.6 is 0 Å². The van der Waals surface area contributed by atoms with Crippen LogP contribution in [0.1, 0.15) is 11.4 Å². The maximum Gasteiger partial charge on any atom is 0.249 e. The second kappa shape index (κ2) is 10.2. The maximum atomic E-state index is 13.6. The molecule has 1 N–H and O–H groups in total. The summed E-state index contributed by atoms with van der Waals surface area (Å²) in [5, 5.41) is 2.96. The quantitative estimate of drug-likeness (QED) is 0.438. The summed E-state index contributed by atoms with van der Waals surface area (Å²) in [5.74, 6) is 0.847. The fourth-order valence-corrected chi connectivity index (χ4v) is 4.09. The third kappa shape index (κ3) is 4.93. The lowest BCUT2D eigenvalue weighted by Crippen LogP contribution is -2.49. The predicted molar refractivity (Wildman–Crippen MR) is 133 cm³/mol. The smallest absolute Gasteiger partial charge is 0.249 e. The lowest BCUT2D eigenvalue weighted by Gasteiger charge is -2.26. The Kier molecular flexibility index (Phi) is 6.92. The average molecular weight is 457 g/mol. The Bertz CT molecular complexity index is 1300. The number of amides is 2. The topological polar surface area (TPSA) is 76.5 Å². The molecule has 1 atom stereocenters.